The van der Waals surface area contributed by atoms with E-state index in [1.807, 2.05) is 42.6 Å². The number of rotatable bonds is 4. The van der Waals surface area contributed by atoms with Crippen LogP contribution in [0.2, 0.25) is 0 Å². The van der Waals surface area contributed by atoms with Gasteiger partial charge in [-0.1, -0.05) is 18.2 Å². The number of fused-ring (bicyclic) bond motifs is 1. The fraction of sp³-hybridized carbons (Fsp3) is 0.263. The number of carbonyl (C=O) groups is 1. The van der Waals surface area contributed by atoms with Crippen LogP contribution in [-0.2, 0) is 16.0 Å². The van der Waals surface area contributed by atoms with Crippen LogP contribution in [0.3, 0.4) is 0 Å². The maximum atomic E-state index is 12.3. The van der Waals surface area contributed by atoms with Gasteiger partial charge in [-0.3, -0.25) is 4.79 Å². The lowest BCUT2D eigenvalue weighted by Gasteiger charge is -2.27. The third-order valence-electron chi connectivity index (χ3n) is 4.39. The number of para-hydroxylation sites is 1. The molecule has 6 heteroatoms. The van der Waals surface area contributed by atoms with Gasteiger partial charge < -0.3 is 19.9 Å². The molecule has 1 saturated heterocycles. The van der Waals surface area contributed by atoms with Crippen molar-refractivity contribution >= 4 is 28.3 Å². The first-order chi connectivity index (χ1) is 12.3. The summed E-state index contributed by atoms with van der Waals surface area (Å²) in [4.78, 5) is 22.2. The minimum Gasteiger partial charge on any atom is -0.378 e. The van der Waals surface area contributed by atoms with Crippen LogP contribution in [0.4, 0.5) is 11.5 Å². The van der Waals surface area contributed by atoms with Crippen molar-refractivity contribution in [3.63, 3.8) is 0 Å². The van der Waals surface area contributed by atoms with Crippen LogP contribution in [0.1, 0.15) is 5.56 Å². The molecule has 0 spiro atoms. The molecular weight excluding hydrogens is 316 g/mol. The molecule has 1 amide bonds. The van der Waals surface area contributed by atoms with Crippen LogP contribution >= 0.6 is 0 Å². The molecule has 1 aromatic carbocycles. The number of hydrogen-bond acceptors (Lipinski definition) is 4. The Morgan fingerprint density at radius 1 is 1.20 bits per heavy atom. The molecule has 25 heavy (non-hydrogen) atoms. The quantitative estimate of drug-likeness (QED) is 0.768. The predicted octanol–water partition coefficient (Wildman–Crippen LogP) is 2.58. The van der Waals surface area contributed by atoms with Crippen LogP contribution in [0.15, 0.2) is 48.8 Å². The molecule has 128 valence electrons. The molecule has 1 fully saturated rings. The predicted molar refractivity (Wildman–Crippen MR) is 97.9 cm³/mol. The Labute approximate surface area is 145 Å². The number of nitrogens with zero attached hydrogens (tertiary/aromatic N) is 2. The van der Waals surface area contributed by atoms with Gasteiger partial charge in [-0.2, -0.15) is 0 Å². The van der Waals surface area contributed by atoms with Crippen molar-refractivity contribution in [1.29, 1.82) is 0 Å². The van der Waals surface area contributed by atoms with E-state index in [0.29, 0.717) is 12.1 Å². The van der Waals surface area contributed by atoms with Crippen molar-refractivity contribution in [2.24, 2.45) is 0 Å². The third-order valence-corrected chi connectivity index (χ3v) is 4.39. The van der Waals surface area contributed by atoms with E-state index in [4.69, 9.17) is 4.74 Å². The SMILES string of the molecule is O=C(Cc1c[nH]c2ccccc12)Nc1ccc(N2CCOCC2)nc1. The smallest absolute Gasteiger partial charge is 0.228 e. The van der Waals surface area contributed by atoms with Gasteiger partial charge in [-0.25, -0.2) is 4.98 Å². The molecule has 0 saturated carbocycles. The zero-order valence-electron chi connectivity index (χ0n) is 13.9. The molecule has 0 unspecified atom stereocenters. The largest absolute Gasteiger partial charge is 0.378 e. The van der Waals surface area contributed by atoms with Gasteiger partial charge in [0, 0.05) is 30.2 Å². The Kier molecular flexibility index (Phi) is 4.35. The van der Waals surface area contributed by atoms with E-state index in [0.717, 1.165) is 48.6 Å². The third kappa shape index (κ3) is 3.49. The minimum absolute atomic E-state index is 0.0503. The molecule has 1 aliphatic rings. The van der Waals surface area contributed by atoms with Gasteiger partial charge in [0.1, 0.15) is 5.82 Å². The monoisotopic (exact) mass is 336 g/mol. The van der Waals surface area contributed by atoms with Gasteiger partial charge in [0.15, 0.2) is 0 Å². The lowest BCUT2D eigenvalue weighted by molar-refractivity contribution is -0.115. The van der Waals surface area contributed by atoms with E-state index < -0.39 is 0 Å². The average Bonchev–Trinajstić information content (AvgIpc) is 3.06. The van der Waals surface area contributed by atoms with Gasteiger partial charge in [0.2, 0.25) is 5.91 Å². The Bertz CT molecular complexity index is 867. The summed E-state index contributed by atoms with van der Waals surface area (Å²) in [5.74, 6) is 0.864. The molecular formula is C19H20N4O2. The number of H-pyrrole nitrogens is 1. The van der Waals surface area contributed by atoms with Crippen molar-refractivity contribution in [3.8, 4) is 0 Å². The number of aromatic amines is 1. The number of benzene rings is 1. The Morgan fingerprint density at radius 3 is 2.84 bits per heavy atom. The number of ether oxygens (including phenoxy) is 1. The maximum Gasteiger partial charge on any atom is 0.228 e. The number of hydrogen-bond donors (Lipinski definition) is 2. The molecule has 2 aromatic heterocycles. The van der Waals surface area contributed by atoms with Crippen LogP contribution in [0.25, 0.3) is 10.9 Å². The number of pyridine rings is 1. The molecule has 6 nitrogen and oxygen atoms in total. The number of carbonyl (C=O) groups excluding carboxylic acids is 1. The number of morpholine rings is 1. The van der Waals surface area contributed by atoms with Crippen molar-refractivity contribution in [2.75, 3.05) is 36.5 Å². The van der Waals surface area contributed by atoms with Gasteiger partial charge in [-0.15, -0.1) is 0 Å². The molecule has 0 atom stereocenters. The van der Waals surface area contributed by atoms with E-state index in [-0.39, 0.29) is 5.91 Å². The zero-order valence-corrected chi connectivity index (χ0v) is 13.9. The number of anilines is 2. The maximum absolute atomic E-state index is 12.3. The molecule has 1 aliphatic heterocycles. The summed E-state index contributed by atoms with van der Waals surface area (Å²) in [6, 6.07) is 11.8. The molecule has 3 aromatic rings. The highest BCUT2D eigenvalue weighted by molar-refractivity contribution is 5.95. The van der Waals surface area contributed by atoms with E-state index >= 15 is 0 Å². The lowest BCUT2D eigenvalue weighted by atomic mass is 10.1. The first-order valence-corrected chi connectivity index (χ1v) is 8.43. The minimum atomic E-state index is -0.0503. The second-order valence-corrected chi connectivity index (χ2v) is 6.09. The van der Waals surface area contributed by atoms with E-state index in [9.17, 15) is 4.79 Å². The van der Waals surface area contributed by atoms with Crippen molar-refractivity contribution in [2.45, 2.75) is 6.42 Å². The molecule has 0 aliphatic carbocycles. The summed E-state index contributed by atoms with van der Waals surface area (Å²) < 4.78 is 5.35. The van der Waals surface area contributed by atoms with Crippen LogP contribution in [0.5, 0.6) is 0 Å². The standard InChI is InChI=1S/C19H20N4O2/c24-19(11-14-12-20-17-4-2-1-3-16(14)17)22-15-5-6-18(21-13-15)23-7-9-25-10-8-23/h1-6,12-13,20H,7-11H2,(H,22,24). The highest BCUT2D eigenvalue weighted by atomic mass is 16.5. The second-order valence-electron chi connectivity index (χ2n) is 6.09. The summed E-state index contributed by atoms with van der Waals surface area (Å²) in [5, 5.41) is 4.00. The summed E-state index contributed by atoms with van der Waals surface area (Å²) >= 11 is 0. The lowest BCUT2D eigenvalue weighted by Crippen LogP contribution is -2.36. The zero-order chi connectivity index (χ0) is 17.1. The fourth-order valence-electron chi connectivity index (χ4n) is 3.10. The topological polar surface area (TPSA) is 70.2 Å². The highest BCUT2D eigenvalue weighted by Gasteiger charge is 2.13. The summed E-state index contributed by atoms with van der Waals surface area (Å²) in [7, 11) is 0. The Hall–Kier alpha value is -2.86. The first-order valence-electron chi connectivity index (χ1n) is 8.43. The van der Waals surface area contributed by atoms with Crippen molar-refractivity contribution in [3.05, 3.63) is 54.4 Å². The highest BCUT2D eigenvalue weighted by Crippen LogP contribution is 2.19. The number of aromatic nitrogens is 2. The van der Waals surface area contributed by atoms with E-state index in [1.54, 1.807) is 6.20 Å². The average molecular weight is 336 g/mol. The van der Waals surface area contributed by atoms with Crippen molar-refractivity contribution < 1.29 is 9.53 Å². The number of nitrogens with one attached hydrogen (secondary N) is 2. The number of amides is 1. The molecule has 4 rings (SSSR count). The second kappa shape index (κ2) is 6.94. The fourth-order valence-corrected chi connectivity index (χ4v) is 3.10. The molecule has 0 bridgehead atoms. The normalized spacial score (nSPS) is 14.6. The summed E-state index contributed by atoms with van der Waals surface area (Å²) in [6.07, 6.45) is 3.93. The summed E-state index contributed by atoms with van der Waals surface area (Å²) in [6.45, 7) is 3.15. The van der Waals surface area contributed by atoms with E-state index in [1.165, 1.54) is 0 Å². The van der Waals surface area contributed by atoms with Crippen LogP contribution in [0, 0.1) is 0 Å². The van der Waals surface area contributed by atoms with Gasteiger partial charge >= 0.3 is 0 Å². The van der Waals surface area contributed by atoms with Gasteiger partial charge in [0.05, 0.1) is 31.5 Å². The first kappa shape index (κ1) is 15.7. The summed E-state index contributed by atoms with van der Waals surface area (Å²) in [5.41, 5.74) is 2.75. The Balaban J connectivity index is 1.40. The molecule has 3 heterocycles. The van der Waals surface area contributed by atoms with Gasteiger partial charge in [-0.05, 0) is 23.8 Å². The van der Waals surface area contributed by atoms with Crippen LogP contribution < -0.4 is 10.2 Å². The van der Waals surface area contributed by atoms with Crippen LogP contribution in [-0.4, -0.2) is 42.2 Å². The van der Waals surface area contributed by atoms with Gasteiger partial charge in [0.25, 0.3) is 0 Å². The molecule has 2 N–H and O–H groups in total. The Morgan fingerprint density at radius 2 is 2.04 bits per heavy atom. The molecule has 0 radical (unpaired) electrons. The van der Waals surface area contributed by atoms with E-state index in [2.05, 4.69) is 20.2 Å². The van der Waals surface area contributed by atoms with Crippen molar-refractivity contribution in [1.82, 2.24) is 9.97 Å².